The lowest BCUT2D eigenvalue weighted by Crippen LogP contribution is -2.51. The van der Waals surface area contributed by atoms with Crippen molar-refractivity contribution >= 4 is 5.91 Å². The molecule has 1 fully saturated rings. The molecule has 1 saturated heterocycles. The van der Waals surface area contributed by atoms with Crippen molar-refractivity contribution < 1.29 is 9.53 Å². The van der Waals surface area contributed by atoms with Crippen molar-refractivity contribution in [3.05, 3.63) is 29.6 Å². The van der Waals surface area contributed by atoms with Crippen LogP contribution >= 0.6 is 0 Å². The van der Waals surface area contributed by atoms with Gasteiger partial charge in [-0.15, -0.1) is 0 Å². The largest absolute Gasteiger partial charge is 0.371 e. The summed E-state index contributed by atoms with van der Waals surface area (Å²) in [5.74, 6) is 0.488. The Morgan fingerprint density at radius 3 is 2.82 bits per heavy atom. The van der Waals surface area contributed by atoms with Gasteiger partial charge in [0.15, 0.2) is 0 Å². The van der Waals surface area contributed by atoms with Gasteiger partial charge in [-0.1, -0.05) is 33.6 Å². The molecule has 0 radical (unpaired) electrons. The van der Waals surface area contributed by atoms with Crippen LogP contribution in [0.15, 0.2) is 18.5 Å². The lowest BCUT2D eigenvalue weighted by atomic mass is 10.0. The minimum Gasteiger partial charge on any atom is -0.371 e. The van der Waals surface area contributed by atoms with E-state index in [-0.39, 0.29) is 18.1 Å². The molecule has 122 valence electrons. The van der Waals surface area contributed by atoms with E-state index in [9.17, 15) is 4.79 Å². The Hall–Kier alpha value is -1.42. The molecule has 0 spiro atoms. The molecule has 0 N–H and O–H groups in total. The summed E-state index contributed by atoms with van der Waals surface area (Å²) in [7, 11) is 0. The normalized spacial score (nSPS) is 22.1. The van der Waals surface area contributed by atoms with E-state index in [2.05, 4.69) is 25.8 Å². The van der Waals surface area contributed by atoms with Crippen LogP contribution in [0.25, 0.3) is 0 Å². The van der Waals surface area contributed by atoms with Crippen LogP contribution in [-0.4, -0.2) is 41.1 Å². The number of aryl methyl sites for hydroxylation is 1. The van der Waals surface area contributed by atoms with Gasteiger partial charge < -0.3 is 9.64 Å². The number of amides is 1. The Morgan fingerprint density at radius 2 is 2.18 bits per heavy atom. The Labute approximate surface area is 133 Å². The van der Waals surface area contributed by atoms with Crippen LogP contribution < -0.4 is 0 Å². The van der Waals surface area contributed by atoms with E-state index in [1.165, 1.54) is 0 Å². The van der Waals surface area contributed by atoms with Crippen molar-refractivity contribution in [2.24, 2.45) is 5.92 Å². The van der Waals surface area contributed by atoms with E-state index in [1.54, 1.807) is 12.4 Å². The summed E-state index contributed by atoms with van der Waals surface area (Å²) in [6.45, 7) is 9.82. The highest BCUT2D eigenvalue weighted by atomic mass is 16.5. The molecule has 22 heavy (non-hydrogen) atoms. The minimum atomic E-state index is 0.0756. The van der Waals surface area contributed by atoms with Crippen molar-refractivity contribution in [1.29, 1.82) is 0 Å². The van der Waals surface area contributed by atoms with Gasteiger partial charge >= 0.3 is 0 Å². The average Bonchev–Trinajstić information content (AvgIpc) is 2.51. The number of ether oxygens (including phenoxy) is 1. The molecule has 0 unspecified atom stereocenters. The quantitative estimate of drug-likeness (QED) is 0.837. The first-order chi connectivity index (χ1) is 10.5. The number of unbranched alkanes of at least 4 members (excludes halogenated alkanes) is 1. The molecule has 1 aliphatic heterocycles. The number of hydrogen-bond donors (Lipinski definition) is 0. The van der Waals surface area contributed by atoms with Gasteiger partial charge in [-0.05, 0) is 30.9 Å². The molecule has 4 heteroatoms. The van der Waals surface area contributed by atoms with E-state index < -0.39 is 0 Å². The molecule has 0 saturated carbocycles. The third-order valence-electron chi connectivity index (χ3n) is 4.22. The number of nitrogens with zero attached hydrogens (tertiary/aromatic N) is 2. The second kappa shape index (κ2) is 7.73. The molecule has 4 nitrogen and oxygen atoms in total. The molecular formula is C18H28N2O2. The monoisotopic (exact) mass is 304 g/mol. The van der Waals surface area contributed by atoms with Gasteiger partial charge in [0.05, 0.1) is 17.8 Å². The molecule has 1 amide bonds. The summed E-state index contributed by atoms with van der Waals surface area (Å²) < 4.78 is 6.18. The van der Waals surface area contributed by atoms with Crippen molar-refractivity contribution in [3.63, 3.8) is 0 Å². The van der Waals surface area contributed by atoms with E-state index in [4.69, 9.17) is 4.74 Å². The average molecular weight is 304 g/mol. The van der Waals surface area contributed by atoms with Gasteiger partial charge in [0.2, 0.25) is 0 Å². The maximum Gasteiger partial charge on any atom is 0.255 e. The first-order valence-corrected chi connectivity index (χ1v) is 8.37. The molecule has 1 aliphatic rings. The zero-order valence-corrected chi connectivity index (χ0v) is 14.2. The van der Waals surface area contributed by atoms with Gasteiger partial charge in [0, 0.05) is 25.5 Å². The molecule has 2 atom stereocenters. The summed E-state index contributed by atoms with van der Waals surface area (Å²) >= 11 is 0. The Kier molecular flexibility index (Phi) is 5.95. The fourth-order valence-corrected chi connectivity index (χ4v) is 2.85. The number of morpholine rings is 1. The van der Waals surface area contributed by atoms with Gasteiger partial charge in [0.1, 0.15) is 0 Å². The number of aromatic nitrogens is 1. The van der Waals surface area contributed by atoms with Crippen molar-refractivity contribution in [3.8, 4) is 0 Å². The van der Waals surface area contributed by atoms with Crippen LogP contribution in [-0.2, 0) is 4.74 Å². The summed E-state index contributed by atoms with van der Waals surface area (Å²) in [4.78, 5) is 18.9. The van der Waals surface area contributed by atoms with E-state index in [0.29, 0.717) is 24.6 Å². The topological polar surface area (TPSA) is 42.4 Å². The first-order valence-electron chi connectivity index (χ1n) is 8.37. The number of rotatable bonds is 5. The van der Waals surface area contributed by atoms with Crippen LogP contribution in [0, 0.1) is 12.8 Å². The number of carbonyl (C=O) groups is 1. The van der Waals surface area contributed by atoms with Crippen LogP contribution in [0.2, 0.25) is 0 Å². The Bertz CT molecular complexity index is 502. The summed E-state index contributed by atoms with van der Waals surface area (Å²) in [6.07, 6.45) is 7.04. The Morgan fingerprint density at radius 1 is 1.41 bits per heavy atom. The van der Waals surface area contributed by atoms with Crippen LogP contribution in [0.5, 0.6) is 0 Å². The molecule has 2 rings (SSSR count). The van der Waals surface area contributed by atoms with E-state index >= 15 is 0 Å². The van der Waals surface area contributed by atoms with Crippen molar-refractivity contribution in [1.82, 2.24) is 9.88 Å². The number of hydrogen-bond acceptors (Lipinski definition) is 3. The minimum absolute atomic E-state index is 0.0756. The molecule has 0 aromatic carbocycles. The standard InChI is InChI=1S/C18H28N2O2/c1-5-6-7-16-11-20(12-17(22-16)13(2)3)18(21)15-8-14(4)9-19-10-15/h8-10,13,16-17H,5-7,11-12H2,1-4H3/t16-,17-/m1/s1. The lowest BCUT2D eigenvalue weighted by Gasteiger charge is -2.40. The second-order valence-electron chi connectivity index (χ2n) is 6.64. The predicted octanol–water partition coefficient (Wildman–Crippen LogP) is 3.45. The first kappa shape index (κ1) is 16.9. The van der Waals surface area contributed by atoms with Gasteiger partial charge in [-0.3, -0.25) is 9.78 Å². The van der Waals surface area contributed by atoms with E-state index in [1.807, 2.05) is 17.9 Å². The molecule has 1 aromatic heterocycles. The summed E-state index contributed by atoms with van der Waals surface area (Å²) in [5.41, 5.74) is 1.70. The fourth-order valence-electron chi connectivity index (χ4n) is 2.85. The highest BCUT2D eigenvalue weighted by molar-refractivity contribution is 5.94. The summed E-state index contributed by atoms with van der Waals surface area (Å²) in [5, 5.41) is 0. The number of carbonyl (C=O) groups excluding carboxylic acids is 1. The second-order valence-corrected chi connectivity index (χ2v) is 6.64. The van der Waals surface area contributed by atoms with Gasteiger partial charge in [0.25, 0.3) is 5.91 Å². The predicted molar refractivity (Wildman–Crippen MR) is 87.9 cm³/mol. The molecule has 0 bridgehead atoms. The van der Waals surface area contributed by atoms with Gasteiger partial charge in [-0.25, -0.2) is 0 Å². The lowest BCUT2D eigenvalue weighted by molar-refractivity contribution is -0.0962. The smallest absolute Gasteiger partial charge is 0.255 e. The van der Waals surface area contributed by atoms with Crippen molar-refractivity contribution in [2.75, 3.05) is 13.1 Å². The zero-order valence-electron chi connectivity index (χ0n) is 14.2. The van der Waals surface area contributed by atoms with Crippen molar-refractivity contribution in [2.45, 2.75) is 59.2 Å². The fraction of sp³-hybridized carbons (Fsp3) is 0.667. The van der Waals surface area contributed by atoms with Crippen LogP contribution in [0.3, 0.4) is 0 Å². The van der Waals surface area contributed by atoms with Crippen LogP contribution in [0.4, 0.5) is 0 Å². The van der Waals surface area contributed by atoms with E-state index in [0.717, 1.165) is 24.8 Å². The third-order valence-corrected chi connectivity index (χ3v) is 4.22. The maximum atomic E-state index is 12.8. The molecule has 2 heterocycles. The zero-order chi connectivity index (χ0) is 16.1. The highest BCUT2D eigenvalue weighted by Crippen LogP contribution is 2.22. The van der Waals surface area contributed by atoms with Crippen LogP contribution in [0.1, 0.15) is 56.0 Å². The molecular weight excluding hydrogens is 276 g/mol. The highest BCUT2D eigenvalue weighted by Gasteiger charge is 2.32. The van der Waals surface area contributed by atoms with Gasteiger partial charge in [-0.2, -0.15) is 0 Å². The maximum absolute atomic E-state index is 12.8. The third kappa shape index (κ3) is 4.29. The molecule has 0 aliphatic carbocycles. The SMILES string of the molecule is CCCC[C@@H]1CN(C(=O)c2cncc(C)c2)C[C@H](C(C)C)O1. The number of pyridine rings is 1. The summed E-state index contributed by atoms with van der Waals surface area (Å²) in [6, 6.07) is 1.91. The Balaban J connectivity index is 2.11. The molecule has 1 aromatic rings.